The number of hydrogen-bond acceptors (Lipinski definition) is 6. The van der Waals surface area contributed by atoms with Gasteiger partial charge in [-0.3, -0.25) is 9.59 Å². The van der Waals surface area contributed by atoms with E-state index in [9.17, 15) is 31.6 Å². The first-order valence-corrected chi connectivity index (χ1v) is 12.5. The van der Waals surface area contributed by atoms with Gasteiger partial charge in [0.25, 0.3) is 5.56 Å². The van der Waals surface area contributed by atoms with Crippen LogP contribution in [0.15, 0.2) is 58.3 Å². The molecular weight excluding hydrogens is 520 g/mol. The zero-order valence-electron chi connectivity index (χ0n) is 18.9. The van der Waals surface area contributed by atoms with Crippen LogP contribution < -0.4 is 16.0 Å². The Hall–Kier alpha value is -3.77. The van der Waals surface area contributed by atoms with Gasteiger partial charge in [-0.1, -0.05) is 17.7 Å². The third-order valence-corrected chi connectivity index (χ3v) is 6.70. The molecular formula is C23H18ClF2N3O6S. The Morgan fingerprint density at radius 1 is 1.06 bits per heavy atom. The van der Waals surface area contributed by atoms with Gasteiger partial charge in [-0.2, -0.15) is 3.97 Å². The van der Waals surface area contributed by atoms with Crippen LogP contribution >= 0.6 is 11.6 Å². The average Bonchev–Trinajstić information content (AvgIpc) is 3.09. The van der Waals surface area contributed by atoms with Crippen LogP contribution in [0, 0.1) is 11.6 Å². The highest BCUT2D eigenvalue weighted by Gasteiger charge is 2.22. The van der Waals surface area contributed by atoms with Crippen LogP contribution in [-0.4, -0.2) is 33.7 Å². The van der Waals surface area contributed by atoms with Gasteiger partial charge in [0.15, 0.2) is 0 Å². The monoisotopic (exact) mass is 537 g/mol. The van der Waals surface area contributed by atoms with Crippen molar-refractivity contribution in [3.63, 3.8) is 0 Å². The van der Waals surface area contributed by atoms with Crippen molar-refractivity contribution in [2.75, 3.05) is 6.26 Å². The van der Waals surface area contributed by atoms with Crippen LogP contribution in [-0.2, 0) is 23.2 Å². The first kappa shape index (κ1) is 25.3. The Bertz CT molecular complexity index is 1760. The third kappa shape index (κ3) is 4.69. The van der Waals surface area contributed by atoms with Crippen molar-refractivity contribution in [1.29, 1.82) is 0 Å². The lowest BCUT2D eigenvalue weighted by Crippen LogP contribution is -2.31. The third-order valence-electron chi connectivity index (χ3n) is 5.33. The van der Waals surface area contributed by atoms with E-state index in [1.807, 2.05) is 0 Å². The first-order valence-electron chi connectivity index (χ1n) is 10.3. The standard InChI is InChI=1S/C23H18ClF2N3O6S/c1-13(30)28-18-6-3-14(9-19(18)29(23(28)32)36(2,33)34)11-27-8-7-20(21(24)22(27)31)35-12-15-4-5-16(25)10-17(15)26/h3-10H,11-12H2,1-2H3. The largest absolute Gasteiger partial charge is 0.487 e. The topological polar surface area (TPSA) is 109 Å². The van der Waals surface area contributed by atoms with Gasteiger partial charge in [0.2, 0.25) is 15.9 Å². The molecule has 0 aliphatic carbocycles. The number of benzene rings is 2. The zero-order valence-corrected chi connectivity index (χ0v) is 20.4. The number of nitrogens with zero attached hydrogens (tertiary/aromatic N) is 3. The molecule has 0 saturated carbocycles. The van der Waals surface area contributed by atoms with Crippen molar-refractivity contribution >= 4 is 38.6 Å². The van der Waals surface area contributed by atoms with E-state index in [0.717, 1.165) is 23.8 Å². The summed E-state index contributed by atoms with van der Waals surface area (Å²) in [5, 5.41) is -0.281. The zero-order chi connectivity index (χ0) is 26.4. The number of rotatable bonds is 6. The number of ether oxygens (including phenoxy) is 1. The van der Waals surface area contributed by atoms with Crippen molar-refractivity contribution in [2.45, 2.75) is 20.1 Å². The molecule has 188 valence electrons. The molecule has 4 aromatic rings. The highest BCUT2D eigenvalue weighted by molar-refractivity contribution is 7.89. The van der Waals surface area contributed by atoms with Crippen molar-refractivity contribution in [2.24, 2.45) is 0 Å². The molecule has 36 heavy (non-hydrogen) atoms. The SMILES string of the molecule is CC(=O)n1c(=O)n(S(C)(=O)=O)c2cc(Cn3ccc(OCc4ccc(F)cc4F)c(Cl)c3=O)ccc21. The highest BCUT2D eigenvalue weighted by atomic mass is 35.5. The number of aromatic nitrogens is 3. The molecule has 9 nitrogen and oxygen atoms in total. The van der Waals surface area contributed by atoms with Gasteiger partial charge < -0.3 is 9.30 Å². The average molecular weight is 538 g/mol. The minimum atomic E-state index is -4.04. The number of fused-ring (bicyclic) bond motifs is 1. The lowest BCUT2D eigenvalue weighted by molar-refractivity contribution is 0.0937. The number of carbonyl (C=O) groups excluding carboxylic acids is 1. The molecule has 0 bridgehead atoms. The maximum Gasteiger partial charge on any atom is 0.349 e. The first-order chi connectivity index (χ1) is 16.9. The van der Waals surface area contributed by atoms with Gasteiger partial charge >= 0.3 is 5.69 Å². The van der Waals surface area contributed by atoms with Crippen molar-refractivity contribution in [1.82, 2.24) is 13.1 Å². The Balaban J connectivity index is 1.66. The quantitative estimate of drug-likeness (QED) is 0.374. The molecule has 4 rings (SSSR count). The van der Waals surface area contributed by atoms with Crippen LogP contribution in [0.3, 0.4) is 0 Å². The summed E-state index contributed by atoms with van der Waals surface area (Å²) in [6.07, 6.45) is 2.21. The van der Waals surface area contributed by atoms with Crippen LogP contribution in [0.5, 0.6) is 5.75 Å². The number of hydrogen-bond donors (Lipinski definition) is 0. The molecule has 0 spiro atoms. The van der Waals surface area contributed by atoms with E-state index in [1.165, 1.54) is 41.1 Å². The fourth-order valence-corrected chi connectivity index (χ4v) is 4.79. The van der Waals surface area contributed by atoms with E-state index in [0.29, 0.717) is 15.6 Å². The maximum atomic E-state index is 13.8. The van der Waals surface area contributed by atoms with E-state index >= 15 is 0 Å². The molecule has 2 heterocycles. The fraction of sp³-hybridized carbons (Fsp3) is 0.174. The van der Waals surface area contributed by atoms with Gasteiger partial charge in [-0.15, -0.1) is 0 Å². The van der Waals surface area contributed by atoms with Crippen molar-refractivity contribution in [3.8, 4) is 5.75 Å². The van der Waals surface area contributed by atoms with Gasteiger partial charge in [-0.25, -0.2) is 26.6 Å². The Morgan fingerprint density at radius 2 is 1.78 bits per heavy atom. The number of halogens is 3. The lowest BCUT2D eigenvalue weighted by atomic mass is 10.2. The minimum absolute atomic E-state index is 0.0125. The molecule has 0 radical (unpaired) electrons. The summed E-state index contributed by atoms with van der Waals surface area (Å²) < 4.78 is 59.3. The number of pyridine rings is 1. The second kappa shape index (κ2) is 9.36. The molecule has 0 aliphatic rings. The molecule has 0 fully saturated rings. The van der Waals surface area contributed by atoms with Gasteiger partial charge in [0.1, 0.15) is 29.0 Å². The summed E-state index contributed by atoms with van der Waals surface area (Å²) >= 11 is 6.16. The predicted molar refractivity (Wildman–Crippen MR) is 128 cm³/mol. The normalized spacial score (nSPS) is 11.7. The molecule has 0 atom stereocenters. The summed E-state index contributed by atoms with van der Waals surface area (Å²) in [6, 6.07) is 8.73. The maximum absolute atomic E-state index is 13.8. The van der Waals surface area contributed by atoms with Crippen LogP contribution in [0.2, 0.25) is 5.02 Å². The van der Waals surface area contributed by atoms with Gasteiger partial charge in [-0.05, 0) is 35.9 Å². The summed E-state index contributed by atoms with van der Waals surface area (Å²) in [5.41, 5.74) is -1.06. The molecule has 2 aromatic heterocycles. The Kier molecular flexibility index (Phi) is 6.58. The predicted octanol–water partition coefficient (Wildman–Crippen LogP) is 2.99. The highest BCUT2D eigenvalue weighted by Crippen LogP contribution is 2.23. The van der Waals surface area contributed by atoms with Crippen molar-refractivity contribution < 1.29 is 26.7 Å². The molecule has 13 heteroatoms. The molecule has 0 amide bonds. The summed E-state index contributed by atoms with van der Waals surface area (Å²) in [4.78, 5) is 37.3. The lowest BCUT2D eigenvalue weighted by Gasteiger charge is -2.12. The summed E-state index contributed by atoms with van der Waals surface area (Å²) in [5.74, 6) is -2.21. The van der Waals surface area contributed by atoms with Gasteiger partial charge in [0.05, 0.1) is 23.8 Å². The van der Waals surface area contributed by atoms with E-state index < -0.39 is 38.8 Å². The smallest absolute Gasteiger partial charge is 0.349 e. The van der Waals surface area contributed by atoms with Crippen LogP contribution in [0.4, 0.5) is 8.78 Å². The molecule has 2 aromatic carbocycles. The number of imidazole rings is 1. The van der Waals surface area contributed by atoms with E-state index in [-0.39, 0.29) is 40.5 Å². The molecule has 0 unspecified atom stereocenters. The molecule has 0 saturated heterocycles. The molecule has 0 aliphatic heterocycles. The van der Waals surface area contributed by atoms with Crippen LogP contribution in [0.25, 0.3) is 11.0 Å². The number of carbonyl (C=O) groups is 1. The summed E-state index contributed by atoms with van der Waals surface area (Å²) in [6.45, 7) is 0.795. The van der Waals surface area contributed by atoms with E-state index in [2.05, 4.69) is 0 Å². The van der Waals surface area contributed by atoms with Crippen LogP contribution in [0.1, 0.15) is 22.8 Å². The molecule has 0 N–H and O–H groups in total. The fourth-order valence-electron chi connectivity index (χ4n) is 3.70. The Morgan fingerprint density at radius 3 is 2.42 bits per heavy atom. The summed E-state index contributed by atoms with van der Waals surface area (Å²) in [7, 11) is -4.04. The second-order valence-corrected chi connectivity index (χ2v) is 10.1. The second-order valence-electron chi connectivity index (χ2n) is 7.94. The Labute approximate surface area is 207 Å². The van der Waals surface area contributed by atoms with E-state index in [4.69, 9.17) is 16.3 Å². The minimum Gasteiger partial charge on any atom is -0.487 e. The van der Waals surface area contributed by atoms with Crippen molar-refractivity contribution in [3.05, 3.63) is 97.3 Å². The van der Waals surface area contributed by atoms with E-state index in [1.54, 1.807) is 0 Å². The van der Waals surface area contributed by atoms with Gasteiger partial charge in [0, 0.05) is 24.8 Å².